The number of benzene rings is 1. The van der Waals surface area contributed by atoms with Gasteiger partial charge in [0.25, 0.3) is 0 Å². The molecule has 0 aliphatic heterocycles. The molecule has 0 aromatic heterocycles. The number of rotatable bonds is 7. The summed E-state index contributed by atoms with van der Waals surface area (Å²) in [5.74, 6) is -0.919. The number of hydrogen-bond donors (Lipinski definition) is 1. The van der Waals surface area contributed by atoms with Crippen molar-refractivity contribution >= 4 is 22.7 Å². The van der Waals surface area contributed by atoms with E-state index in [1.54, 1.807) is 31.2 Å². The maximum Gasteiger partial charge on any atom is 0.338 e. The lowest BCUT2D eigenvalue weighted by molar-refractivity contribution is -0.136. The van der Waals surface area contributed by atoms with Crippen LogP contribution < -0.4 is 0 Å². The molecule has 1 atom stereocenters. The van der Waals surface area contributed by atoms with Gasteiger partial charge < -0.3 is 9.84 Å². The minimum absolute atomic E-state index is 0.104. The Hall–Kier alpha value is -1.69. The Morgan fingerprint density at radius 3 is 2.42 bits per heavy atom. The Balaban J connectivity index is 2.54. The summed E-state index contributed by atoms with van der Waals surface area (Å²) < 4.78 is 16.4. The van der Waals surface area contributed by atoms with Gasteiger partial charge in [-0.15, -0.1) is 0 Å². The molecule has 1 rings (SSSR count). The molecular formula is C13H16O5S. The third kappa shape index (κ3) is 5.65. The average Bonchev–Trinajstić information content (AvgIpc) is 2.37. The van der Waals surface area contributed by atoms with Gasteiger partial charge in [0.15, 0.2) is 0 Å². The van der Waals surface area contributed by atoms with Crippen LogP contribution >= 0.6 is 0 Å². The van der Waals surface area contributed by atoms with Gasteiger partial charge >= 0.3 is 11.9 Å². The normalized spacial score (nSPS) is 11.8. The minimum Gasteiger partial charge on any atom is -0.481 e. The molecule has 0 amide bonds. The number of carboxylic acid groups (broad SMARTS) is 1. The van der Waals surface area contributed by atoms with E-state index in [-0.39, 0.29) is 23.9 Å². The molecule has 0 aliphatic rings. The van der Waals surface area contributed by atoms with Gasteiger partial charge in [0.1, 0.15) is 0 Å². The number of ether oxygens (including phenoxy) is 1. The minimum atomic E-state index is -1.21. The Kier molecular flexibility index (Phi) is 6.21. The van der Waals surface area contributed by atoms with Gasteiger partial charge in [-0.1, -0.05) is 12.1 Å². The van der Waals surface area contributed by atoms with Gasteiger partial charge in [0.05, 0.1) is 18.6 Å². The van der Waals surface area contributed by atoms with E-state index in [0.717, 1.165) is 5.56 Å². The number of carbonyl (C=O) groups excluding carboxylic acids is 1. The van der Waals surface area contributed by atoms with E-state index >= 15 is 0 Å². The monoisotopic (exact) mass is 284 g/mol. The van der Waals surface area contributed by atoms with Crippen molar-refractivity contribution in [3.8, 4) is 0 Å². The van der Waals surface area contributed by atoms with Crippen LogP contribution in [0.3, 0.4) is 0 Å². The lowest BCUT2D eigenvalue weighted by Crippen LogP contribution is -2.07. The van der Waals surface area contributed by atoms with Crippen LogP contribution in [0.15, 0.2) is 24.3 Å². The molecule has 1 aromatic rings. The van der Waals surface area contributed by atoms with E-state index in [1.807, 2.05) is 0 Å². The fraction of sp³-hybridized carbons (Fsp3) is 0.385. The Labute approximate surface area is 114 Å². The second-order valence-electron chi connectivity index (χ2n) is 3.85. The van der Waals surface area contributed by atoms with Crippen molar-refractivity contribution in [3.63, 3.8) is 0 Å². The number of carboxylic acids is 1. The van der Waals surface area contributed by atoms with Crippen LogP contribution in [0.5, 0.6) is 0 Å². The molecule has 1 N–H and O–H groups in total. The second kappa shape index (κ2) is 7.68. The third-order valence-corrected chi connectivity index (χ3v) is 3.65. The molecule has 1 unspecified atom stereocenters. The van der Waals surface area contributed by atoms with E-state index in [0.29, 0.717) is 12.2 Å². The van der Waals surface area contributed by atoms with Crippen molar-refractivity contribution in [1.82, 2.24) is 0 Å². The van der Waals surface area contributed by atoms with Gasteiger partial charge in [-0.2, -0.15) is 0 Å². The zero-order chi connectivity index (χ0) is 14.3. The first-order valence-corrected chi connectivity index (χ1v) is 7.34. The number of aliphatic carboxylic acids is 1. The van der Waals surface area contributed by atoms with E-state index in [1.165, 1.54) is 0 Å². The van der Waals surface area contributed by atoms with Crippen molar-refractivity contribution in [1.29, 1.82) is 0 Å². The molecule has 0 radical (unpaired) electrons. The van der Waals surface area contributed by atoms with E-state index in [9.17, 15) is 13.8 Å². The van der Waals surface area contributed by atoms with Crippen molar-refractivity contribution in [2.45, 2.75) is 19.1 Å². The summed E-state index contributed by atoms with van der Waals surface area (Å²) >= 11 is 0. The highest BCUT2D eigenvalue weighted by atomic mass is 32.2. The van der Waals surface area contributed by atoms with Crippen LogP contribution in [-0.2, 0) is 26.1 Å². The van der Waals surface area contributed by atoms with E-state index < -0.39 is 16.8 Å². The highest BCUT2D eigenvalue weighted by Gasteiger charge is 2.08. The summed E-state index contributed by atoms with van der Waals surface area (Å²) in [5.41, 5.74) is 1.25. The second-order valence-corrected chi connectivity index (χ2v) is 5.43. The molecular weight excluding hydrogens is 268 g/mol. The molecule has 1 aromatic carbocycles. The van der Waals surface area contributed by atoms with Gasteiger partial charge in [0.2, 0.25) is 0 Å². The standard InChI is InChI=1S/C13H16O5S/c1-2-18-13(16)11-5-3-10(4-6-11)9-19(17)8-7-12(14)15/h3-6H,2,7-9H2,1H3,(H,14,15). The quantitative estimate of drug-likeness (QED) is 0.769. The summed E-state index contributed by atoms with van der Waals surface area (Å²) in [4.78, 5) is 21.8. The largest absolute Gasteiger partial charge is 0.481 e. The van der Waals surface area contributed by atoms with Gasteiger partial charge in [-0.05, 0) is 24.6 Å². The lowest BCUT2D eigenvalue weighted by atomic mass is 10.1. The first-order chi connectivity index (χ1) is 9.02. The molecule has 5 nitrogen and oxygen atoms in total. The van der Waals surface area contributed by atoms with E-state index in [2.05, 4.69) is 0 Å². The van der Waals surface area contributed by atoms with Gasteiger partial charge in [0, 0.05) is 22.3 Å². The van der Waals surface area contributed by atoms with Crippen molar-refractivity contribution in [2.75, 3.05) is 12.4 Å². The number of carbonyl (C=O) groups is 2. The fourth-order valence-electron chi connectivity index (χ4n) is 1.41. The number of esters is 1. The van der Waals surface area contributed by atoms with Crippen LogP contribution in [0, 0.1) is 0 Å². The smallest absolute Gasteiger partial charge is 0.338 e. The maximum atomic E-state index is 11.6. The van der Waals surface area contributed by atoms with Crippen LogP contribution in [0.2, 0.25) is 0 Å². The summed E-state index contributed by atoms with van der Waals surface area (Å²) in [6.45, 7) is 2.05. The Bertz CT molecular complexity index is 466. The topological polar surface area (TPSA) is 80.7 Å². The molecule has 19 heavy (non-hydrogen) atoms. The molecule has 0 aliphatic carbocycles. The van der Waals surface area contributed by atoms with Gasteiger partial charge in [-0.3, -0.25) is 9.00 Å². The van der Waals surface area contributed by atoms with Gasteiger partial charge in [-0.25, -0.2) is 4.79 Å². The first kappa shape index (κ1) is 15.4. The molecule has 0 saturated carbocycles. The molecule has 0 saturated heterocycles. The molecule has 6 heteroatoms. The summed E-state index contributed by atoms with van der Waals surface area (Å²) in [6.07, 6.45) is -0.104. The molecule has 0 heterocycles. The van der Waals surface area contributed by atoms with E-state index in [4.69, 9.17) is 9.84 Å². The zero-order valence-corrected chi connectivity index (χ0v) is 11.4. The van der Waals surface area contributed by atoms with Crippen molar-refractivity contribution < 1.29 is 23.6 Å². The first-order valence-electron chi connectivity index (χ1n) is 5.85. The lowest BCUT2D eigenvalue weighted by Gasteiger charge is -2.04. The highest BCUT2D eigenvalue weighted by molar-refractivity contribution is 7.84. The van der Waals surface area contributed by atoms with Crippen LogP contribution in [-0.4, -0.2) is 33.6 Å². The van der Waals surface area contributed by atoms with Crippen LogP contribution in [0.4, 0.5) is 0 Å². The summed E-state index contributed by atoms with van der Waals surface area (Å²) in [6, 6.07) is 6.62. The average molecular weight is 284 g/mol. The highest BCUT2D eigenvalue weighted by Crippen LogP contribution is 2.09. The van der Waals surface area contributed by atoms with Crippen molar-refractivity contribution in [3.05, 3.63) is 35.4 Å². The summed E-state index contributed by atoms with van der Waals surface area (Å²) in [5, 5.41) is 8.49. The molecule has 104 valence electrons. The molecule has 0 fully saturated rings. The van der Waals surface area contributed by atoms with Crippen molar-refractivity contribution in [2.24, 2.45) is 0 Å². The maximum absolute atomic E-state index is 11.6. The number of hydrogen-bond acceptors (Lipinski definition) is 4. The zero-order valence-electron chi connectivity index (χ0n) is 10.6. The Morgan fingerprint density at radius 2 is 1.89 bits per heavy atom. The SMILES string of the molecule is CCOC(=O)c1ccc(CS(=O)CCC(=O)O)cc1. The third-order valence-electron chi connectivity index (χ3n) is 2.34. The van der Waals surface area contributed by atoms with Crippen LogP contribution in [0.1, 0.15) is 29.3 Å². The predicted octanol–water partition coefficient (Wildman–Crippen LogP) is 1.59. The molecule has 0 bridgehead atoms. The molecule has 0 spiro atoms. The Morgan fingerprint density at radius 1 is 1.26 bits per heavy atom. The fourth-order valence-corrected chi connectivity index (χ4v) is 2.52. The summed E-state index contributed by atoms with van der Waals surface area (Å²) in [7, 11) is -1.21. The van der Waals surface area contributed by atoms with Crippen LogP contribution in [0.25, 0.3) is 0 Å². The predicted molar refractivity (Wildman–Crippen MR) is 71.4 cm³/mol.